The maximum atomic E-state index is 8.90. The molecule has 84 valence electrons. The number of aliphatic hydroxyl groups is 1. The van der Waals surface area contributed by atoms with Crippen LogP contribution < -0.4 is 5.32 Å². The average Bonchev–Trinajstić information content (AvgIpc) is 2.83. The van der Waals surface area contributed by atoms with Crippen LogP contribution in [0.15, 0.2) is 47.1 Å². The van der Waals surface area contributed by atoms with Crippen LogP contribution in [0.4, 0.5) is 0 Å². The average molecular weight is 217 g/mol. The van der Waals surface area contributed by atoms with E-state index in [4.69, 9.17) is 9.52 Å². The molecule has 0 bridgehead atoms. The number of aliphatic hydroxyl groups excluding tert-OH is 1. The zero-order valence-electron chi connectivity index (χ0n) is 9.02. The first-order chi connectivity index (χ1) is 7.88. The molecule has 2 aromatic rings. The van der Waals surface area contributed by atoms with Crippen molar-refractivity contribution < 1.29 is 9.52 Å². The molecular weight excluding hydrogens is 202 g/mol. The topological polar surface area (TPSA) is 45.4 Å². The molecule has 2 rings (SSSR count). The summed E-state index contributed by atoms with van der Waals surface area (Å²) in [7, 11) is 0. The molecule has 0 aliphatic heterocycles. The summed E-state index contributed by atoms with van der Waals surface area (Å²) in [5, 5.41) is 12.2. The first-order valence-electron chi connectivity index (χ1n) is 5.30. The van der Waals surface area contributed by atoms with Crippen molar-refractivity contribution in [3.05, 3.63) is 59.5 Å². The third-order valence-corrected chi connectivity index (χ3v) is 2.41. The van der Waals surface area contributed by atoms with Crippen molar-refractivity contribution in [1.82, 2.24) is 5.32 Å². The largest absolute Gasteiger partial charge is 0.468 e. The predicted octanol–water partition coefficient (Wildman–Crippen LogP) is 2.06. The summed E-state index contributed by atoms with van der Waals surface area (Å²) in [5.41, 5.74) is 2.14. The zero-order valence-corrected chi connectivity index (χ0v) is 9.02. The summed E-state index contributed by atoms with van der Waals surface area (Å²) in [6.45, 7) is 1.63. The molecule has 2 N–H and O–H groups in total. The first-order valence-corrected chi connectivity index (χ1v) is 5.30. The van der Waals surface area contributed by atoms with Gasteiger partial charge in [0.25, 0.3) is 0 Å². The maximum Gasteiger partial charge on any atom is 0.117 e. The fourth-order valence-electron chi connectivity index (χ4n) is 1.51. The lowest BCUT2D eigenvalue weighted by Crippen LogP contribution is -2.11. The normalized spacial score (nSPS) is 10.6. The number of rotatable bonds is 5. The lowest BCUT2D eigenvalue weighted by molar-refractivity contribution is 0.282. The smallest absolute Gasteiger partial charge is 0.117 e. The maximum absolute atomic E-state index is 8.90. The Morgan fingerprint density at radius 1 is 1.00 bits per heavy atom. The predicted molar refractivity (Wildman–Crippen MR) is 61.6 cm³/mol. The van der Waals surface area contributed by atoms with E-state index in [2.05, 4.69) is 5.32 Å². The van der Waals surface area contributed by atoms with Crippen molar-refractivity contribution in [2.24, 2.45) is 0 Å². The minimum Gasteiger partial charge on any atom is -0.468 e. The molecular formula is C13H15NO2. The molecule has 3 heteroatoms. The van der Waals surface area contributed by atoms with E-state index in [0.717, 1.165) is 24.4 Å². The summed E-state index contributed by atoms with van der Waals surface area (Å²) < 4.78 is 5.21. The molecule has 16 heavy (non-hydrogen) atoms. The molecule has 0 amide bonds. The molecule has 0 fully saturated rings. The Hall–Kier alpha value is -1.58. The van der Waals surface area contributed by atoms with Crippen molar-refractivity contribution in [2.45, 2.75) is 19.7 Å². The van der Waals surface area contributed by atoms with E-state index in [1.165, 1.54) is 5.56 Å². The number of nitrogens with one attached hydrogen (secondary N) is 1. The van der Waals surface area contributed by atoms with E-state index in [0.29, 0.717) is 0 Å². The van der Waals surface area contributed by atoms with Crippen molar-refractivity contribution in [2.75, 3.05) is 0 Å². The van der Waals surface area contributed by atoms with Gasteiger partial charge in [0.05, 0.1) is 19.4 Å². The lowest BCUT2D eigenvalue weighted by Gasteiger charge is -2.03. The van der Waals surface area contributed by atoms with E-state index in [-0.39, 0.29) is 6.61 Å². The van der Waals surface area contributed by atoms with Crippen LogP contribution in [0.3, 0.4) is 0 Å². The van der Waals surface area contributed by atoms with E-state index in [1.54, 1.807) is 6.26 Å². The molecule has 0 unspecified atom stereocenters. The van der Waals surface area contributed by atoms with Crippen LogP contribution in [0.2, 0.25) is 0 Å². The molecule has 0 radical (unpaired) electrons. The number of hydrogen-bond donors (Lipinski definition) is 2. The van der Waals surface area contributed by atoms with Crippen LogP contribution in [-0.4, -0.2) is 5.11 Å². The van der Waals surface area contributed by atoms with Gasteiger partial charge < -0.3 is 14.8 Å². The van der Waals surface area contributed by atoms with Crippen LogP contribution in [-0.2, 0) is 19.7 Å². The first kappa shape index (κ1) is 10.9. The van der Waals surface area contributed by atoms with Crippen molar-refractivity contribution in [3.8, 4) is 0 Å². The van der Waals surface area contributed by atoms with Crippen LogP contribution in [0.25, 0.3) is 0 Å². The van der Waals surface area contributed by atoms with Gasteiger partial charge in [-0.05, 0) is 23.3 Å². The molecule has 0 saturated heterocycles. The third kappa shape index (κ3) is 2.95. The number of benzene rings is 1. The van der Waals surface area contributed by atoms with Crippen LogP contribution in [0.1, 0.15) is 16.9 Å². The summed E-state index contributed by atoms with van der Waals surface area (Å²) in [6.07, 6.45) is 1.67. The Balaban J connectivity index is 1.81. The highest BCUT2D eigenvalue weighted by Crippen LogP contribution is 2.05. The Labute approximate surface area is 94.7 Å². The molecule has 0 aliphatic carbocycles. The lowest BCUT2D eigenvalue weighted by atomic mass is 10.1. The van der Waals surface area contributed by atoms with E-state index in [9.17, 15) is 0 Å². The van der Waals surface area contributed by atoms with Gasteiger partial charge >= 0.3 is 0 Å². The Kier molecular flexibility index (Phi) is 3.75. The fourth-order valence-corrected chi connectivity index (χ4v) is 1.51. The standard InChI is InChI=1S/C13H15NO2/c15-10-12-5-3-11(4-6-12)8-14-9-13-2-1-7-16-13/h1-7,14-15H,8-10H2. The third-order valence-electron chi connectivity index (χ3n) is 2.41. The quantitative estimate of drug-likeness (QED) is 0.805. The van der Waals surface area contributed by atoms with Gasteiger partial charge in [0, 0.05) is 6.54 Å². The Morgan fingerprint density at radius 2 is 1.75 bits per heavy atom. The second-order valence-electron chi connectivity index (χ2n) is 3.66. The van der Waals surface area contributed by atoms with Gasteiger partial charge in [0.15, 0.2) is 0 Å². The molecule has 0 atom stereocenters. The van der Waals surface area contributed by atoms with E-state index >= 15 is 0 Å². The van der Waals surface area contributed by atoms with Gasteiger partial charge in [-0.15, -0.1) is 0 Å². The Morgan fingerprint density at radius 3 is 2.38 bits per heavy atom. The summed E-state index contributed by atoms with van der Waals surface area (Å²) in [5.74, 6) is 0.937. The van der Waals surface area contributed by atoms with Crippen molar-refractivity contribution in [1.29, 1.82) is 0 Å². The van der Waals surface area contributed by atoms with Crippen LogP contribution in [0.5, 0.6) is 0 Å². The van der Waals surface area contributed by atoms with Gasteiger partial charge in [0.1, 0.15) is 5.76 Å². The monoisotopic (exact) mass is 217 g/mol. The number of hydrogen-bond acceptors (Lipinski definition) is 3. The van der Waals surface area contributed by atoms with Gasteiger partial charge in [-0.3, -0.25) is 0 Å². The van der Waals surface area contributed by atoms with E-state index in [1.807, 2.05) is 36.4 Å². The molecule has 0 aliphatic rings. The van der Waals surface area contributed by atoms with Crippen LogP contribution in [0, 0.1) is 0 Å². The number of furan rings is 1. The van der Waals surface area contributed by atoms with Crippen LogP contribution >= 0.6 is 0 Å². The Bertz CT molecular complexity index is 406. The van der Waals surface area contributed by atoms with Crippen molar-refractivity contribution in [3.63, 3.8) is 0 Å². The SMILES string of the molecule is OCc1ccc(CNCc2ccco2)cc1. The van der Waals surface area contributed by atoms with Gasteiger partial charge in [-0.1, -0.05) is 24.3 Å². The summed E-state index contributed by atoms with van der Waals surface area (Å²) >= 11 is 0. The molecule has 0 spiro atoms. The second kappa shape index (κ2) is 5.49. The minimum atomic E-state index is 0.0973. The highest BCUT2D eigenvalue weighted by atomic mass is 16.3. The highest BCUT2D eigenvalue weighted by Gasteiger charge is 1.96. The molecule has 1 heterocycles. The zero-order chi connectivity index (χ0) is 11.2. The van der Waals surface area contributed by atoms with Gasteiger partial charge in [-0.2, -0.15) is 0 Å². The van der Waals surface area contributed by atoms with Gasteiger partial charge in [0.2, 0.25) is 0 Å². The highest BCUT2D eigenvalue weighted by molar-refractivity contribution is 5.21. The molecule has 3 nitrogen and oxygen atoms in total. The molecule has 1 aromatic carbocycles. The summed E-state index contributed by atoms with van der Waals surface area (Å²) in [4.78, 5) is 0. The van der Waals surface area contributed by atoms with Gasteiger partial charge in [-0.25, -0.2) is 0 Å². The second-order valence-corrected chi connectivity index (χ2v) is 3.66. The summed E-state index contributed by atoms with van der Waals surface area (Å²) in [6, 6.07) is 11.7. The fraction of sp³-hybridized carbons (Fsp3) is 0.231. The molecule has 1 aromatic heterocycles. The minimum absolute atomic E-state index is 0.0973. The van der Waals surface area contributed by atoms with E-state index < -0.39 is 0 Å². The van der Waals surface area contributed by atoms with Crippen molar-refractivity contribution >= 4 is 0 Å². The molecule has 0 saturated carbocycles.